The summed E-state index contributed by atoms with van der Waals surface area (Å²) in [5.41, 5.74) is 0.667. The van der Waals surface area contributed by atoms with Gasteiger partial charge in [-0.25, -0.2) is 0 Å². The minimum absolute atomic E-state index is 0.367. The van der Waals surface area contributed by atoms with E-state index in [1.807, 2.05) is 0 Å². The van der Waals surface area contributed by atoms with E-state index < -0.39 is 0 Å². The SMILES string of the molecule is ClCOCCC12CC3CC(CC(C3)C1)C2. The maximum absolute atomic E-state index is 5.57. The number of hydrogen-bond acceptors (Lipinski definition) is 1. The maximum atomic E-state index is 5.57. The third-order valence-electron chi connectivity index (χ3n) is 5.02. The molecule has 2 heteroatoms. The normalized spacial score (nSPS) is 47.4. The molecule has 0 aliphatic heterocycles. The molecule has 86 valence electrons. The second-order valence-corrected chi connectivity index (χ2v) is 6.40. The topological polar surface area (TPSA) is 9.23 Å². The number of hydrogen-bond donors (Lipinski definition) is 0. The lowest BCUT2D eigenvalue weighted by molar-refractivity contribution is -0.0669. The van der Waals surface area contributed by atoms with Crippen LogP contribution in [0.15, 0.2) is 0 Å². The van der Waals surface area contributed by atoms with Gasteiger partial charge in [-0.2, -0.15) is 0 Å². The lowest BCUT2D eigenvalue weighted by atomic mass is 9.49. The predicted octanol–water partition coefficient (Wildman–Crippen LogP) is 3.81. The largest absolute Gasteiger partial charge is 0.366 e. The quantitative estimate of drug-likeness (QED) is 0.525. The smallest absolute Gasteiger partial charge is 0.120 e. The molecular formula is C13H21ClO. The third kappa shape index (κ3) is 1.93. The first-order valence-electron chi connectivity index (χ1n) is 6.43. The first-order valence-corrected chi connectivity index (χ1v) is 6.97. The van der Waals surface area contributed by atoms with Crippen molar-refractivity contribution in [1.29, 1.82) is 0 Å². The Morgan fingerprint density at radius 3 is 2.00 bits per heavy atom. The highest BCUT2D eigenvalue weighted by molar-refractivity contribution is 6.17. The predicted molar refractivity (Wildman–Crippen MR) is 61.9 cm³/mol. The van der Waals surface area contributed by atoms with E-state index in [-0.39, 0.29) is 0 Å². The van der Waals surface area contributed by atoms with Crippen LogP contribution >= 0.6 is 11.6 Å². The van der Waals surface area contributed by atoms with E-state index in [0.29, 0.717) is 11.5 Å². The zero-order valence-electron chi connectivity index (χ0n) is 9.38. The molecule has 4 rings (SSSR count). The second-order valence-electron chi connectivity index (χ2n) is 6.18. The molecule has 0 aromatic heterocycles. The first-order chi connectivity index (χ1) is 7.30. The Morgan fingerprint density at radius 1 is 1.00 bits per heavy atom. The summed E-state index contributed by atoms with van der Waals surface area (Å²) in [7, 11) is 0. The van der Waals surface area contributed by atoms with Crippen LogP contribution in [0.3, 0.4) is 0 Å². The van der Waals surface area contributed by atoms with Gasteiger partial charge in [-0.15, -0.1) is 0 Å². The summed E-state index contributed by atoms with van der Waals surface area (Å²) in [6, 6.07) is 0.367. The molecule has 0 heterocycles. The summed E-state index contributed by atoms with van der Waals surface area (Å²) >= 11 is 5.57. The van der Waals surface area contributed by atoms with Crippen LogP contribution in [0.4, 0.5) is 0 Å². The second kappa shape index (κ2) is 3.92. The van der Waals surface area contributed by atoms with E-state index in [1.165, 1.54) is 44.9 Å². The van der Waals surface area contributed by atoms with E-state index in [1.54, 1.807) is 0 Å². The van der Waals surface area contributed by atoms with Crippen molar-refractivity contribution < 1.29 is 4.74 Å². The molecule has 4 fully saturated rings. The van der Waals surface area contributed by atoms with Gasteiger partial charge in [-0.3, -0.25) is 0 Å². The van der Waals surface area contributed by atoms with Crippen molar-refractivity contribution in [2.24, 2.45) is 23.2 Å². The molecule has 4 bridgehead atoms. The fourth-order valence-electron chi connectivity index (χ4n) is 4.94. The number of ether oxygens (including phenoxy) is 1. The van der Waals surface area contributed by atoms with Gasteiger partial charge in [0.25, 0.3) is 0 Å². The minimum atomic E-state index is 0.367. The van der Waals surface area contributed by atoms with Gasteiger partial charge >= 0.3 is 0 Å². The van der Waals surface area contributed by atoms with Gasteiger partial charge in [-0.05, 0) is 68.1 Å². The molecular weight excluding hydrogens is 208 g/mol. The van der Waals surface area contributed by atoms with Gasteiger partial charge in [0.2, 0.25) is 0 Å². The van der Waals surface area contributed by atoms with Crippen molar-refractivity contribution >= 4 is 11.6 Å². The minimum Gasteiger partial charge on any atom is -0.366 e. The molecule has 4 aliphatic rings. The molecule has 4 saturated carbocycles. The van der Waals surface area contributed by atoms with Crippen molar-refractivity contribution in [1.82, 2.24) is 0 Å². The van der Waals surface area contributed by atoms with Gasteiger partial charge in [-0.1, -0.05) is 11.6 Å². The van der Waals surface area contributed by atoms with Gasteiger partial charge in [0.15, 0.2) is 0 Å². The van der Waals surface area contributed by atoms with Crippen LogP contribution in [-0.4, -0.2) is 12.7 Å². The van der Waals surface area contributed by atoms with Gasteiger partial charge in [0, 0.05) is 6.61 Å². The molecule has 0 saturated heterocycles. The lowest BCUT2D eigenvalue weighted by Gasteiger charge is -2.57. The van der Waals surface area contributed by atoms with Gasteiger partial charge in [0.1, 0.15) is 6.07 Å². The highest BCUT2D eigenvalue weighted by Crippen LogP contribution is 2.61. The summed E-state index contributed by atoms with van der Waals surface area (Å²) in [6.07, 6.45) is 10.4. The summed E-state index contributed by atoms with van der Waals surface area (Å²) in [5, 5.41) is 0. The summed E-state index contributed by atoms with van der Waals surface area (Å²) in [5.74, 6) is 3.19. The molecule has 15 heavy (non-hydrogen) atoms. The molecule has 0 aromatic rings. The Bertz CT molecular complexity index is 203. The number of rotatable bonds is 4. The molecule has 0 unspecified atom stereocenters. The maximum Gasteiger partial charge on any atom is 0.120 e. The molecule has 1 nitrogen and oxygen atoms in total. The van der Waals surface area contributed by atoms with E-state index in [2.05, 4.69) is 0 Å². The average Bonchev–Trinajstić information content (AvgIpc) is 2.15. The van der Waals surface area contributed by atoms with Crippen molar-refractivity contribution in [2.75, 3.05) is 12.7 Å². The first kappa shape index (κ1) is 10.4. The zero-order chi connectivity index (χ0) is 10.3. The molecule has 0 spiro atoms. The van der Waals surface area contributed by atoms with Crippen LogP contribution < -0.4 is 0 Å². The Kier molecular flexibility index (Phi) is 2.72. The highest BCUT2D eigenvalue weighted by Gasteiger charge is 2.50. The Balaban J connectivity index is 1.65. The van der Waals surface area contributed by atoms with E-state index in [9.17, 15) is 0 Å². The fraction of sp³-hybridized carbons (Fsp3) is 1.00. The van der Waals surface area contributed by atoms with Crippen molar-refractivity contribution in [3.63, 3.8) is 0 Å². The monoisotopic (exact) mass is 228 g/mol. The molecule has 0 amide bonds. The Hall–Kier alpha value is 0.250. The van der Waals surface area contributed by atoms with Crippen LogP contribution in [0.5, 0.6) is 0 Å². The summed E-state index contributed by atoms with van der Waals surface area (Å²) in [6.45, 7) is 0.885. The average molecular weight is 229 g/mol. The van der Waals surface area contributed by atoms with Crippen molar-refractivity contribution in [3.8, 4) is 0 Å². The lowest BCUT2D eigenvalue weighted by Crippen LogP contribution is -2.46. The molecule has 4 aliphatic carbocycles. The summed E-state index contributed by atoms with van der Waals surface area (Å²) in [4.78, 5) is 0. The van der Waals surface area contributed by atoms with Crippen molar-refractivity contribution in [3.05, 3.63) is 0 Å². The van der Waals surface area contributed by atoms with E-state index in [0.717, 1.165) is 24.4 Å². The van der Waals surface area contributed by atoms with Crippen LogP contribution in [0, 0.1) is 23.2 Å². The summed E-state index contributed by atoms with van der Waals surface area (Å²) < 4.78 is 5.34. The highest BCUT2D eigenvalue weighted by atomic mass is 35.5. The molecule has 0 atom stereocenters. The Labute approximate surface area is 97.5 Å². The van der Waals surface area contributed by atoms with Crippen LogP contribution in [0.2, 0.25) is 0 Å². The molecule has 0 radical (unpaired) electrons. The molecule has 0 N–H and O–H groups in total. The third-order valence-corrected chi connectivity index (χ3v) is 5.17. The van der Waals surface area contributed by atoms with Crippen molar-refractivity contribution in [2.45, 2.75) is 44.9 Å². The molecule has 0 aromatic carbocycles. The van der Waals surface area contributed by atoms with Gasteiger partial charge < -0.3 is 4.74 Å². The van der Waals surface area contributed by atoms with Crippen LogP contribution in [0.25, 0.3) is 0 Å². The van der Waals surface area contributed by atoms with E-state index in [4.69, 9.17) is 16.3 Å². The van der Waals surface area contributed by atoms with E-state index >= 15 is 0 Å². The van der Waals surface area contributed by atoms with Gasteiger partial charge in [0.05, 0.1) is 0 Å². The number of alkyl halides is 1. The van der Waals surface area contributed by atoms with Crippen LogP contribution in [-0.2, 0) is 4.74 Å². The fourth-order valence-corrected chi connectivity index (χ4v) is 5.05. The Morgan fingerprint density at radius 2 is 1.53 bits per heavy atom. The van der Waals surface area contributed by atoms with Crippen LogP contribution in [0.1, 0.15) is 44.9 Å². The number of halogens is 1. The standard InChI is InChI=1S/C13H21ClO/c14-9-15-2-1-13-6-10-3-11(7-13)5-12(4-10)8-13/h10-12H,1-9H2. The zero-order valence-corrected chi connectivity index (χ0v) is 10.1.